The standard InChI is InChI=1S/C10H14N4O3/c1-13-4-3-12-8(9(13)15)14-5-2-11-6-7(14)10(16)17/h3-4,7,11H,2,5-6H2,1H3,(H,16,17). The van der Waals surface area contributed by atoms with Crippen molar-refractivity contribution in [3.63, 3.8) is 0 Å². The minimum atomic E-state index is -0.954. The number of carboxylic acid groups (broad SMARTS) is 1. The Bertz CT molecular complexity index is 485. The summed E-state index contributed by atoms with van der Waals surface area (Å²) in [4.78, 5) is 28.5. The molecule has 0 aromatic carbocycles. The number of aliphatic carboxylic acids is 1. The molecule has 2 rings (SSSR count). The van der Waals surface area contributed by atoms with Crippen LogP contribution in [0.25, 0.3) is 0 Å². The number of nitrogens with zero attached hydrogens (tertiary/aromatic N) is 3. The van der Waals surface area contributed by atoms with E-state index in [9.17, 15) is 9.59 Å². The molecule has 2 heterocycles. The molecule has 0 saturated carbocycles. The van der Waals surface area contributed by atoms with E-state index in [0.29, 0.717) is 19.6 Å². The van der Waals surface area contributed by atoms with E-state index in [4.69, 9.17) is 5.11 Å². The predicted octanol–water partition coefficient (Wildman–Crippen LogP) is -1.36. The fraction of sp³-hybridized carbons (Fsp3) is 0.500. The summed E-state index contributed by atoms with van der Waals surface area (Å²) in [5.41, 5.74) is -0.277. The van der Waals surface area contributed by atoms with E-state index in [2.05, 4.69) is 10.3 Å². The number of aryl methyl sites for hydroxylation is 1. The van der Waals surface area contributed by atoms with Crippen LogP contribution in [0.5, 0.6) is 0 Å². The topological polar surface area (TPSA) is 87.5 Å². The molecule has 0 bridgehead atoms. The molecule has 1 aromatic heterocycles. The Hall–Kier alpha value is -1.89. The van der Waals surface area contributed by atoms with Crippen molar-refractivity contribution >= 4 is 11.8 Å². The van der Waals surface area contributed by atoms with Crippen LogP contribution in [-0.2, 0) is 11.8 Å². The molecular formula is C10H14N4O3. The first kappa shape index (κ1) is 11.6. The first-order chi connectivity index (χ1) is 8.11. The normalized spacial score (nSPS) is 20.3. The maximum absolute atomic E-state index is 11.9. The Balaban J connectivity index is 2.40. The molecular weight excluding hydrogens is 224 g/mol. The smallest absolute Gasteiger partial charge is 0.327 e. The van der Waals surface area contributed by atoms with E-state index >= 15 is 0 Å². The van der Waals surface area contributed by atoms with Gasteiger partial charge in [-0.2, -0.15) is 0 Å². The number of piperazine rings is 1. The summed E-state index contributed by atoms with van der Waals surface area (Å²) in [6, 6.07) is -0.744. The molecule has 2 N–H and O–H groups in total. The summed E-state index contributed by atoms with van der Waals surface area (Å²) in [7, 11) is 1.62. The summed E-state index contributed by atoms with van der Waals surface area (Å²) >= 11 is 0. The van der Waals surface area contributed by atoms with Crippen LogP contribution in [-0.4, -0.2) is 46.3 Å². The second-order valence-corrected chi connectivity index (χ2v) is 3.92. The number of nitrogens with one attached hydrogen (secondary N) is 1. The molecule has 17 heavy (non-hydrogen) atoms. The van der Waals surface area contributed by atoms with E-state index in [-0.39, 0.29) is 11.4 Å². The van der Waals surface area contributed by atoms with Gasteiger partial charge in [-0.15, -0.1) is 0 Å². The largest absolute Gasteiger partial charge is 0.480 e. The average molecular weight is 238 g/mol. The lowest BCUT2D eigenvalue weighted by Crippen LogP contribution is -2.56. The Labute approximate surface area is 97.7 Å². The maximum atomic E-state index is 11.9. The Morgan fingerprint density at radius 3 is 3.12 bits per heavy atom. The molecule has 1 aliphatic heterocycles. The van der Waals surface area contributed by atoms with Gasteiger partial charge in [-0.3, -0.25) is 4.79 Å². The van der Waals surface area contributed by atoms with E-state index in [1.165, 1.54) is 10.8 Å². The second-order valence-electron chi connectivity index (χ2n) is 3.92. The second kappa shape index (κ2) is 4.54. The molecule has 1 fully saturated rings. The predicted molar refractivity (Wildman–Crippen MR) is 61.1 cm³/mol. The fourth-order valence-corrected chi connectivity index (χ4v) is 1.86. The van der Waals surface area contributed by atoms with Gasteiger partial charge in [0.2, 0.25) is 0 Å². The molecule has 1 atom stereocenters. The Morgan fingerprint density at radius 1 is 1.65 bits per heavy atom. The van der Waals surface area contributed by atoms with Gasteiger partial charge in [0.1, 0.15) is 6.04 Å². The average Bonchev–Trinajstić information content (AvgIpc) is 2.33. The number of rotatable bonds is 2. The number of anilines is 1. The van der Waals surface area contributed by atoms with Crippen LogP contribution in [0.4, 0.5) is 5.82 Å². The zero-order valence-corrected chi connectivity index (χ0v) is 9.46. The molecule has 1 aliphatic rings. The van der Waals surface area contributed by atoms with Gasteiger partial charge in [-0.05, 0) is 0 Å². The third-order valence-electron chi connectivity index (χ3n) is 2.80. The first-order valence-corrected chi connectivity index (χ1v) is 5.33. The van der Waals surface area contributed by atoms with Gasteiger partial charge in [0, 0.05) is 39.1 Å². The third-order valence-corrected chi connectivity index (χ3v) is 2.80. The highest BCUT2D eigenvalue weighted by molar-refractivity contribution is 5.78. The maximum Gasteiger partial charge on any atom is 0.327 e. The number of carbonyl (C=O) groups is 1. The fourth-order valence-electron chi connectivity index (χ4n) is 1.86. The lowest BCUT2D eigenvalue weighted by molar-refractivity contribution is -0.138. The van der Waals surface area contributed by atoms with Crippen LogP contribution in [0.15, 0.2) is 17.2 Å². The summed E-state index contributed by atoms with van der Waals surface area (Å²) in [5.74, 6) is -0.756. The summed E-state index contributed by atoms with van der Waals surface area (Å²) in [5, 5.41) is 12.1. The van der Waals surface area contributed by atoms with Crippen LogP contribution in [0.2, 0.25) is 0 Å². The van der Waals surface area contributed by atoms with E-state index in [0.717, 1.165) is 0 Å². The highest BCUT2D eigenvalue weighted by atomic mass is 16.4. The number of hydrogen-bond donors (Lipinski definition) is 2. The van der Waals surface area contributed by atoms with Crippen LogP contribution >= 0.6 is 0 Å². The molecule has 7 nitrogen and oxygen atoms in total. The Kier molecular flexibility index (Phi) is 3.10. The minimum Gasteiger partial charge on any atom is -0.480 e. The van der Waals surface area contributed by atoms with Crippen molar-refractivity contribution in [2.24, 2.45) is 7.05 Å². The van der Waals surface area contributed by atoms with Crippen molar-refractivity contribution in [2.75, 3.05) is 24.5 Å². The number of aromatic nitrogens is 2. The molecule has 0 radical (unpaired) electrons. The number of carboxylic acids is 1. The van der Waals surface area contributed by atoms with Gasteiger partial charge in [-0.1, -0.05) is 0 Å². The van der Waals surface area contributed by atoms with Crippen molar-refractivity contribution in [3.8, 4) is 0 Å². The van der Waals surface area contributed by atoms with Crippen molar-refractivity contribution in [1.29, 1.82) is 0 Å². The lowest BCUT2D eigenvalue weighted by atomic mass is 10.2. The molecule has 1 aromatic rings. The monoisotopic (exact) mass is 238 g/mol. The van der Waals surface area contributed by atoms with Crippen molar-refractivity contribution in [3.05, 3.63) is 22.7 Å². The third kappa shape index (κ3) is 2.14. The van der Waals surface area contributed by atoms with Crippen LogP contribution in [0.1, 0.15) is 0 Å². The van der Waals surface area contributed by atoms with Crippen LogP contribution in [0.3, 0.4) is 0 Å². The molecule has 0 spiro atoms. The van der Waals surface area contributed by atoms with Crippen LogP contribution < -0.4 is 15.8 Å². The van der Waals surface area contributed by atoms with E-state index in [1.54, 1.807) is 18.1 Å². The van der Waals surface area contributed by atoms with Gasteiger partial charge >= 0.3 is 5.97 Å². The highest BCUT2D eigenvalue weighted by Crippen LogP contribution is 2.10. The molecule has 92 valence electrons. The molecule has 7 heteroatoms. The van der Waals surface area contributed by atoms with Crippen molar-refractivity contribution in [2.45, 2.75) is 6.04 Å². The Morgan fingerprint density at radius 2 is 2.41 bits per heavy atom. The molecule has 1 saturated heterocycles. The van der Waals surface area contributed by atoms with E-state index < -0.39 is 12.0 Å². The molecule has 0 amide bonds. The molecule has 0 aliphatic carbocycles. The van der Waals surface area contributed by atoms with Crippen LogP contribution in [0, 0.1) is 0 Å². The van der Waals surface area contributed by atoms with Gasteiger partial charge in [0.15, 0.2) is 5.82 Å². The summed E-state index contributed by atoms with van der Waals surface area (Å²) in [6.45, 7) is 1.42. The van der Waals surface area contributed by atoms with Crippen molar-refractivity contribution < 1.29 is 9.90 Å². The summed E-state index contributed by atoms with van der Waals surface area (Å²) < 4.78 is 1.39. The highest BCUT2D eigenvalue weighted by Gasteiger charge is 2.30. The SMILES string of the molecule is Cn1ccnc(N2CCNCC2C(=O)O)c1=O. The van der Waals surface area contributed by atoms with Gasteiger partial charge in [0.05, 0.1) is 0 Å². The number of hydrogen-bond acceptors (Lipinski definition) is 5. The van der Waals surface area contributed by atoms with E-state index in [1.807, 2.05) is 0 Å². The molecule has 1 unspecified atom stereocenters. The quantitative estimate of drug-likeness (QED) is 0.662. The zero-order chi connectivity index (χ0) is 12.4. The van der Waals surface area contributed by atoms with Gasteiger partial charge in [-0.25, -0.2) is 9.78 Å². The van der Waals surface area contributed by atoms with Crippen molar-refractivity contribution in [1.82, 2.24) is 14.9 Å². The first-order valence-electron chi connectivity index (χ1n) is 5.33. The zero-order valence-electron chi connectivity index (χ0n) is 9.46. The summed E-state index contributed by atoms with van der Waals surface area (Å²) in [6.07, 6.45) is 3.04. The minimum absolute atomic E-state index is 0.198. The van der Waals surface area contributed by atoms with Gasteiger partial charge in [0.25, 0.3) is 5.56 Å². The lowest BCUT2D eigenvalue weighted by Gasteiger charge is -2.33. The van der Waals surface area contributed by atoms with Gasteiger partial charge < -0.3 is 19.9 Å².